The maximum absolute atomic E-state index is 11.8. The lowest BCUT2D eigenvalue weighted by molar-refractivity contribution is -0.122. The van der Waals surface area contributed by atoms with E-state index in [0.717, 1.165) is 11.3 Å². The molecule has 0 aliphatic rings. The van der Waals surface area contributed by atoms with Crippen molar-refractivity contribution in [2.24, 2.45) is 0 Å². The Morgan fingerprint density at radius 3 is 2.75 bits per heavy atom. The second kappa shape index (κ2) is 7.02. The minimum Gasteiger partial charge on any atom is -0.350 e. The number of nitrogens with one attached hydrogen (secondary N) is 2. The third kappa shape index (κ3) is 4.32. The summed E-state index contributed by atoms with van der Waals surface area (Å²) in [5, 5.41) is 14.3. The van der Waals surface area contributed by atoms with Gasteiger partial charge in [-0.3, -0.25) is 4.79 Å². The molecule has 0 aliphatic carbocycles. The molecular formula is C13H16ClN5O. The minimum absolute atomic E-state index is 0.110. The summed E-state index contributed by atoms with van der Waals surface area (Å²) in [5.41, 5.74) is 1.80. The molecule has 0 radical (unpaired) electrons. The molecule has 0 atom stereocenters. The highest BCUT2D eigenvalue weighted by Gasteiger charge is 2.05. The molecule has 20 heavy (non-hydrogen) atoms. The Balaban J connectivity index is 1.81. The number of rotatable bonds is 6. The standard InChI is InChI=1S/C13H16ClN5O/c1-15-7-12-8-19(18-17-12)9-13(20)16-6-10-2-4-11(14)5-3-10/h2-5,8,15H,6-7,9H2,1H3,(H,16,20). The van der Waals surface area contributed by atoms with E-state index >= 15 is 0 Å². The van der Waals surface area contributed by atoms with Crippen LogP contribution in [-0.2, 0) is 24.4 Å². The summed E-state index contributed by atoms with van der Waals surface area (Å²) in [4.78, 5) is 11.8. The minimum atomic E-state index is -0.110. The lowest BCUT2D eigenvalue weighted by Gasteiger charge is -2.05. The first-order valence-electron chi connectivity index (χ1n) is 6.22. The summed E-state index contributed by atoms with van der Waals surface area (Å²) >= 11 is 5.80. The van der Waals surface area contributed by atoms with Crippen LogP contribution in [0.4, 0.5) is 0 Å². The van der Waals surface area contributed by atoms with Gasteiger partial charge in [-0.15, -0.1) is 5.10 Å². The van der Waals surface area contributed by atoms with Crippen LogP contribution < -0.4 is 10.6 Å². The Morgan fingerprint density at radius 2 is 2.05 bits per heavy atom. The van der Waals surface area contributed by atoms with Gasteiger partial charge >= 0.3 is 0 Å². The van der Waals surface area contributed by atoms with Crippen molar-refractivity contribution in [2.45, 2.75) is 19.6 Å². The Morgan fingerprint density at radius 1 is 1.30 bits per heavy atom. The first-order chi connectivity index (χ1) is 9.67. The molecule has 0 bridgehead atoms. The highest BCUT2D eigenvalue weighted by atomic mass is 35.5. The molecule has 1 aromatic carbocycles. The molecule has 106 valence electrons. The van der Waals surface area contributed by atoms with Gasteiger partial charge in [-0.2, -0.15) is 0 Å². The smallest absolute Gasteiger partial charge is 0.242 e. The Labute approximate surface area is 122 Å². The Hall–Kier alpha value is -1.92. The van der Waals surface area contributed by atoms with Crippen molar-refractivity contribution in [3.05, 3.63) is 46.7 Å². The molecule has 1 amide bonds. The van der Waals surface area contributed by atoms with Crippen LogP contribution in [0.5, 0.6) is 0 Å². The van der Waals surface area contributed by atoms with Crippen molar-refractivity contribution in [3.8, 4) is 0 Å². The molecule has 2 aromatic rings. The zero-order valence-corrected chi connectivity index (χ0v) is 11.9. The predicted octanol–water partition coefficient (Wildman–Crippen LogP) is 0.967. The molecule has 2 rings (SSSR count). The van der Waals surface area contributed by atoms with E-state index in [9.17, 15) is 4.79 Å². The van der Waals surface area contributed by atoms with Crippen LogP contribution in [0.1, 0.15) is 11.3 Å². The van der Waals surface area contributed by atoms with E-state index in [0.29, 0.717) is 18.1 Å². The second-order valence-electron chi connectivity index (χ2n) is 4.34. The first-order valence-corrected chi connectivity index (χ1v) is 6.60. The van der Waals surface area contributed by atoms with Crippen molar-refractivity contribution < 1.29 is 4.79 Å². The van der Waals surface area contributed by atoms with Crippen molar-refractivity contribution >= 4 is 17.5 Å². The topological polar surface area (TPSA) is 71.8 Å². The molecule has 7 heteroatoms. The summed E-state index contributed by atoms with van der Waals surface area (Å²) in [5.74, 6) is -0.110. The number of nitrogens with zero attached hydrogens (tertiary/aromatic N) is 3. The largest absolute Gasteiger partial charge is 0.350 e. The third-order valence-electron chi connectivity index (χ3n) is 2.65. The molecule has 0 spiro atoms. The number of hydrogen-bond acceptors (Lipinski definition) is 4. The number of carbonyl (C=O) groups excluding carboxylic acids is 1. The van der Waals surface area contributed by atoms with Crippen molar-refractivity contribution in [1.29, 1.82) is 0 Å². The van der Waals surface area contributed by atoms with E-state index in [1.165, 1.54) is 4.68 Å². The average molecular weight is 294 g/mol. The number of halogens is 1. The molecule has 1 heterocycles. The summed E-state index contributed by atoms with van der Waals surface area (Å²) in [6, 6.07) is 7.35. The highest BCUT2D eigenvalue weighted by molar-refractivity contribution is 6.30. The van der Waals surface area contributed by atoms with Gasteiger partial charge < -0.3 is 10.6 Å². The van der Waals surface area contributed by atoms with Gasteiger partial charge in [0.2, 0.25) is 5.91 Å². The van der Waals surface area contributed by atoms with Crippen molar-refractivity contribution in [3.63, 3.8) is 0 Å². The van der Waals surface area contributed by atoms with Gasteiger partial charge in [-0.25, -0.2) is 4.68 Å². The lowest BCUT2D eigenvalue weighted by Crippen LogP contribution is -2.27. The zero-order chi connectivity index (χ0) is 14.4. The van der Waals surface area contributed by atoms with Crippen LogP contribution in [0, 0.1) is 0 Å². The summed E-state index contributed by atoms with van der Waals surface area (Å²) in [6.07, 6.45) is 1.75. The van der Waals surface area contributed by atoms with Crippen LogP contribution in [0.25, 0.3) is 0 Å². The van der Waals surface area contributed by atoms with E-state index in [-0.39, 0.29) is 12.5 Å². The number of hydrogen-bond donors (Lipinski definition) is 2. The van der Waals surface area contributed by atoms with Gasteiger partial charge in [0.05, 0.1) is 11.9 Å². The molecule has 0 unspecified atom stereocenters. The quantitative estimate of drug-likeness (QED) is 0.832. The van der Waals surface area contributed by atoms with Crippen LogP contribution >= 0.6 is 11.6 Å². The van der Waals surface area contributed by atoms with E-state index in [1.807, 2.05) is 19.2 Å². The molecular weight excluding hydrogens is 278 g/mol. The molecule has 1 aromatic heterocycles. The van der Waals surface area contributed by atoms with Gasteiger partial charge in [0, 0.05) is 18.1 Å². The third-order valence-corrected chi connectivity index (χ3v) is 2.90. The Bertz CT molecular complexity index is 566. The van der Waals surface area contributed by atoms with Gasteiger partial charge in [-0.05, 0) is 24.7 Å². The summed E-state index contributed by atoms with van der Waals surface area (Å²) in [7, 11) is 1.83. The summed E-state index contributed by atoms with van der Waals surface area (Å²) < 4.78 is 1.52. The van der Waals surface area contributed by atoms with Gasteiger partial charge in [0.1, 0.15) is 6.54 Å². The first kappa shape index (κ1) is 14.5. The monoisotopic (exact) mass is 293 g/mol. The van der Waals surface area contributed by atoms with Crippen LogP contribution in [-0.4, -0.2) is 27.9 Å². The van der Waals surface area contributed by atoms with E-state index < -0.39 is 0 Å². The van der Waals surface area contributed by atoms with Crippen molar-refractivity contribution in [1.82, 2.24) is 25.6 Å². The molecule has 0 fully saturated rings. The number of benzene rings is 1. The summed E-state index contributed by atoms with van der Waals surface area (Å²) in [6.45, 7) is 1.25. The van der Waals surface area contributed by atoms with Crippen LogP contribution in [0.15, 0.2) is 30.5 Å². The number of carbonyl (C=O) groups is 1. The SMILES string of the molecule is CNCc1cn(CC(=O)NCc2ccc(Cl)cc2)nn1. The van der Waals surface area contributed by atoms with E-state index in [2.05, 4.69) is 20.9 Å². The van der Waals surface area contributed by atoms with Crippen molar-refractivity contribution in [2.75, 3.05) is 7.05 Å². The normalized spacial score (nSPS) is 10.5. The maximum Gasteiger partial charge on any atom is 0.242 e. The predicted molar refractivity (Wildman–Crippen MR) is 76.1 cm³/mol. The number of amides is 1. The van der Waals surface area contributed by atoms with Gasteiger partial charge in [0.25, 0.3) is 0 Å². The van der Waals surface area contributed by atoms with Gasteiger partial charge in [0.15, 0.2) is 0 Å². The molecule has 0 saturated carbocycles. The van der Waals surface area contributed by atoms with Crippen LogP contribution in [0.2, 0.25) is 5.02 Å². The molecule has 0 aliphatic heterocycles. The number of aromatic nitrogens is 3. The average Bonchev–Trinajstić information content (AvgIpc) is 2.86. The molecule has 0 saturated heterocycles. The fraction of sp³-hybridized carbons (Fsp3) is 0.308. The molecule has 6 nitrogen and oxygen atoms in total. The Kier molecular flexibility index (Phi) is 5.09. The van der Waals surface area contributed by atoms with E-state index in [4.69, 9.17) is 11.6 Å². The fourth-order valence-electron chi connectivity index (χ4n) is 1.68. The van der Waals surface area contributed by atoms with Gasteiger partial charge in [-0.1, -0.05) is 28.9 Å². The highest BCUT2D eigenvalue weighted by Crippen LogP contribution is 2.09. The zero-order valence-electron chi connectivity index (χ0n) is 11.1. The fourth-order valence-corrected chi connectivity index (χ4v) is 1.81. The maximum atomic E-state index is 11.8. The van der Waals surface area contributed by atoms with E-state index in [1.54, 1.807) is 18.3 Å². The molecule has 2 N–H and O–H groups in total. The van der Waals surface area contributed by atoms with Crippen LogP contribution in [0.3, 0.4) is 0 Å². The second-order valence-corrected chi connectivity index (χ2v) is 4.78. The lowest BCUT2D eigenvalue weighted by atomic mass is 10.2.